The molecule has 108 valence electrons. The molecule has 0 aliphatic rings. The number of rotatable bonds is 6. The third-order valence-electron chi connectivity index (χ3n) is 3.68. The van der Waals surface area contributed by atoms with Crippen molar-refractivity contribution in [3.63, 3.8) is 0 Å². The van der Waals surface area contributed by atoms with E-state index < -0.39 is 0 Å². The summed E-state index contributed by atoms with van der Waals surface area (Å²) in [4.78, 5) is 3.81. The molecule has 20 heavy (non-hydrogen) atoms. The first-order valence-electron chi connectivity index (χ1n) is 7.11. The van der Waals surface area contributed by atoms with Crippen molar-refractivity contribution in [2.75, 3.05) is 20.1 Å². The van der Waals surface area contributed by atoms with Crippen molar-refractivity contribution >= 4 is 11.3 Å². The molecule has 1 heterocycles. The topological polar surface area (TPSA) is 29.3 Å². The van der Waals surface area contributed by atoms with E-state index >= 15 is 0 Å². The van der Waals surface area contributed by atoms with Crippen LogP contribution in [0, 0.1) is 13.8 Å². The highest BCUT2D eigenvalue weighted by Crippen LogP contribution is 2.22. The minimum Gasteiger partial charge on any atom is -0.329 e. The standard InChI is InChI=1S/C17H24N2S/c1-13-9-14(2)11-15(10-13)17(12-18)19(3)7-6-16-5-4-8-20-16/h4-5,8-11,17H,6-7,12,18H2,1-3H3. The summed E-state index contributed by atoms with van der Waals surface area (Å²) in [6.07, 6.45) is 1.09. The van der Waals surface area contributed by atoms with Gasteiger partial charge in [0.2, 0.25) is 0 Å². The van der Waals surface area contributed by atoms with E-state index in [1.165, 1.54) is 21.6 Å². The average Bonchev–Trinajstić information content (AvgIpc) is 2.89. The second-order valence-corrected chi connectivity index (χ2v) is 6.51. The number of hydrogen-bond acceptors (Lipinski definition) is 3. The Balaban J connectivity index is 2.06. The van der Waals surface area contributed by atoms with Crippen LogP contribution in [0.25, 0.3) is 0 Å². The smallest absolute Gasteiger partial charge is 0.0467 e. The zero-order valence-electron chi connectivity index (χ0n) is 12.6. The quantitative estimate of drug-likeness (QED) is 0.881. The summed E-state index contributed by atoms with van der Waals surface area (Å²) in [5.41, 5.74) is 9.97. The molecular formula is C17H24N2S. The molecule has 0 aliphatic carbocycles. The molecule has 2 aromatic rings. The zero-order chi connectivity index (χ0) is 14.5. The predicted octanol–water partition coefficient (Wildman–Crippen LogP) is 3.54. The summed E-state index contributed by atoms with van der Waals surface area (Å²) in [6.45, 7) is 5.99. The van der Waals surface area contributed by atoms with E-state index in [2.05, 4.69) is 61.5 Å². The number of aryl methyl sites for hydroxylation is 2. The van der Waals surface area contributed by atoms with E-state index in [4.69, 9.17) is 5.73 Å². The first kappa shape index (κ1) is 15.2. The Labute approximate surface area is 126 Å². The lowest BCUT2D eigenvalue weighted by molar-refractivity contribution is 0.253. The molecule has 2 rings (SSSR count). The van der Waals surface area contributed by atoms with Crippen LogP contribution in [0.5, 0.6) is 0 Å². The van der Waals surface area contributed by atoms with Gasteiger partial charge in [-0.1, -0.05) is 35.4 Å². The molecule has 1 unspecified atom stereocenters. The van der Waals surface area contributed by atoms with E-state index in [-0.39, 0.29) is 0 Å². The maximum absolute atomic E-state index is 6.02. The van der Waals surface area contributed by atoms with Gasteiger partial charge in [0.25, 0.3) is 0 Å². The Hall–Kier alpha value is -1.16. The van der Waals surface area contributed by atoms with Crippen LogP contribution in [-0.4, -0.2) is 25.0 Å². The second-order valence-electron chi connectivity index (χ2n) is 5.48. The molecule has 0 bridgehead atoms. The summed E-state index contributed by atoms with van der Waals surface area (Å²) in [5.74, 6) is 0. The van der Waals surface area contributed by atoms with Gasteiger partial charge in [-0.2, -0.15) is 0 Å². The van der Waals surface area contributed by atoms with Crippen LogP contribution in [0.15, 0.2) is 35.7 Å². The van der Waals surface area contributed by atoms with Gasteiger partial charge >= 0.3 is 0 Å². The van der Waals surface area contributed by atoms with Crippen LogP contribution in [-0.2, 0) is 6.42 Å². The van der Waals surface area contributed by atoms with E-state index in [1.807, 2.05) is 11.3 Å². The van der Waals surface area contributed by atoms with Gasteiger partial charge in [0.15, 0.2) is 0 Å². The lowest BCUT2D eigenvalue weighted by Gasteiger charge is -2.27. The molecule has 0 amide bonds. The van der Waals surface area contributed by atoms with Crippen LogP contribution >= 0.6 is 11.3 Å². The van der Waals surface area contributed by atoms with Crippen molar-refractivity contribution in [3.05, 3.63) is 57.3 Å². The van der Waals surface area contributed by atoms with Gasteiger partial charge in [0, 0.05) is 24.0 Å². The van der Waals surface area contributed by atoms with Crippen LogP contribution in [0.3, 0.4) is 0 Å². The van der Waals surface area contributed by atoms with Crippen LogP contribution in [0.2, 0.25) is 0 Å². The Morgan fingerprint density at radius 2 is 1.90 bits per heavy atom. The fraction of sp³-hybridized carbons (Fsp3) is 0.412. The average molecular weight is 288 g/mol. The van der Waals surface area contributed by atoms with Crippen molar-refractivity contribution in [3.8, 4) is 0 Å². The highest BCUT2D eigenvalue weighted by atomic mass is 32.1. The number of nitrogens with two attached hydrogens (primary N) is 1. The van der Waals surface area contributed by atoms with Gasteiger partial charge in [0.05, 0.1) is 0 Å². The van der Waals surface area contributed by atoms with Crippen molar-refractivity contribution < 1.29 is 0 Å². The molecule has 0 saturated heterocycles. The number of benzene rings is 1. The molecular weight excluding hydrogens is 264 g/mol. The maximum atomic E-state index is 6.02. The predicted molar refractivity (Wildman–Crippen MR) is 88.4 cm³/mol. The van der Waals surface area contributed by atoms with E-state index in [0.717, 1.165) is 13.0 Å². The van der Waals surface area contributed by atoms with Crippen molar-refractivity contribution in [2.24, 2.45) is 5.73 Å². The molecule has 0 aliphatic heterocycles. The minimum atomic E-state index is 0.300. The number of hydrogen-bond donors (Lipinski definition) is 1. The molecule has 3 heteroatoms. The molecule has 2 N–H and O–H groups in total. The van der Waals surface area contributed by atoms with Crippen LogP contribution < -0.4 is 5.73 Å². The lowest BCUT2D eigenvalue weighted by Crippen LogP contribution is -2.32. The highest BCUT2D eigenvalue weighted by molar-refractivity contribution is 7.09. The molecule has 0 saturated carbocycles. The molecule has 1 aromatic carbocycles. The van der Waals surface area contributed by atoms with Gasteiger partial charge in [-0.25, -0.2) is 0 Å². The van der Waals surface area contributed by atoms with Crippen molar-refractivity contribution in [1.29, 1.82) is 0 Å². The monoisotopic (exact) mass is 288 g/mol. The zero-order valence-corrected chi connectivity index (χ0v) is 13.4. The van der Waals surface area contributed by atoms with Gasteiger partial charge in [0.1, 0.15) is 0 Å². The molecule has 0 fully saturated rings. The third-order valence-corrected chi connectivity index (χ3v) is 4.61. The molecule has 1 atom stereocenters. The lowest BCUT2D eigenvalue weighted by atomic mass is 10.0. The van der Waals surface area contributed by atoms with E-state index in [0.29, 0.717) is 12.6 Å². The van der Waals surface area contributed by atoms with Crippen molar-refractivity contribution in [1.82, 2.24) is 4.90 Å². The summed E-state index contributed by atoms with van der Waals surface area (Å²) in [5, 5.41) is 2.14. The normalized spacial score (nSPS) is 12.8. The number of nitrogens with zero attached hydrogens (tertiary/aromatic N) is 1. The van der Waals surface area contributed by atoms with Crippen LogP contribution in [0.4, 0.5) is 0 Å². The third kappa shape index (κ3) is 3.92. The van der Waals surface area contributed by atoms with Crippen molar-refractivity contribution in [2.45, 2.75) is 26.3 Å². The van der Waals surface area contributed by atoms with E-state index in [1.54, 1.807) is 0 Å². The van der Waals surface area contributed by atoms with Gasteiger partial charge in [-0.15, -0.1) is 11.3 Å². The molecule has 2 nitrogen and oxygen atoms in total. The number of likely N-dealkylation sites (N-methyl/N-ethyl adjacent to an activating group) is 1. The summed E-state index contributed by atoms with van der Waals surface area (Å²) < 4.78 is 0. The maximum Gasteiger partial charge on any atom is 0.0467 e. The van der Waals surface area contributed by atoms with Gasteiger partial charge in [-0.3, -0.25) is 4.90 Å². The summed E-state index contributed by atoms with van der Waals surface area (Å²) in [7, 11) is 2.17. The fourth-order valence-electron chi connectivity index (χ4n) is 2.67. The molecule has 0 radical (unpaired) electrons. The van der Waals surface area contributed by atoms with Crippen LogP contribution in [0.1, 0.15) is 27.6 Å². The molecule has 0 spiro atoms. The van der Waals surface area contributed by atoms with Gasteiger partial charge < -0.3 is 5.73 Å². The van der Waals surface area contributed by atoms with Gasteiger partial charge in [-0.05, 0) is 44.3 Å². The second kappa shape index (κ2) is 7.02. The van der Waals surface area contributed by atoms with E-state index in [9.17, 15) is 0 Å². The first-order chi connectivity index (χ1) is 9.60. The Kier molecular flexibility index (Phi) is 5.35. The highest BCUT2D eigenvalue weighted by Gasteiger charge is 2.16. The Morgan fingerprint density at radius 1 is 1.20 bits per heavy atom. The fourth-order valence-corrected chi connectivity index (χ4v) is 3.37. The Morgan fingerprint density at radius 3 is 2.45 bits per heavy atom. The summed E-state index contributed by atoms with van der Waals surface area (Å²) in [6, 6.07) is 11.3. The minimum absolute atomic E-state index is 0.300. The first-order valence-corrected chi connectivity index (χ1v) is 7.99. The summed E-state index contributed by atoms with van der Waals surface area (Å²) >= 11 is 1.83. The SMILES string of the molecule is Cc1cc(C)cc(C(CN)N(C)CCc2cccs2)c1. The molecule has 1 aromatic heterocycles. The number of thiophene rings is 1. The largest absolute Gasteiger partial charge is 0.329 e. The Bertz CT molecular complexity index is 514.